The number of likely N-dealkylation sites (tertiary alicyclic amines) is 1. The molecule has 2 aromatic rings. The van der Waals surface area contributed by atoms with Crippen LogP contribution in [0.1, 0.15) is 41.1 Å². The summed E-state index contributed by atoms with van der Waals surface area (Å²) in [5, 5.41) is 10.7. The van der Waals surface area contributed by atoms with Crippen LogP contribution in [0.3, 0.4) is 0 Å². The molecular formula is C19H19FN2O3. The van der Waals surface area contributed by atoms with E-state index < -0.39 is 4.92 Å². The van der Waals surface area contributed by atoms with Crippen LogP contribution in [0.25, 0.3) is 0 Å². The second kappa shape index (κ2) is 7.42. The molecule has 1 heterocycles. The van der Waals surface area contributed by atoms with Crippen LogP contribution in [-0.4, -0.2) is 28.8 Å². The number of carbonyl (C=O) groups is 1. The van der Waals surface area contributed by atoms with Crippen LogP contribution in [-0.2, 0) is 0 Å². The summed E-state index contributed by atoms with van der Waals surface area (Å²) >= 11 is 0. The summed E-state index contributed by atoms with van der Waals surface area (Å²) in [7, 11) is 0. The van der Waals surface area contributed by atoms with Gasteiger partial charge in [0, 0.05) is 36.7 Å². The number of nitro benzene ring substituents is 1. The van der Waals surface area contributed by atoms with Gasteiger partial charge in [0.1, 0.15) is 5.82 Å². The van der Waals surface area contributed by atoms with Gasteiger partial charge >= 0.3 is 0 Å². The zero-order valence-electron chi connectivity index (χ0n) is 13.7. The highest BCUT2D eigenvalue weighted by Crippen LogP contribution is 2.27. The Labute approximate surface area is 145 Å². The first-order valence-electron chi connectivity index (χ1n) is 8.34. The minimum absolute atomic E-state index is 0.0309. The normalized spacial score (nSPS) is 17.8. The number of halogens is 1. The summed E-state index contributed by atoms with van der Waals surface area (Å²) in [4.78, 5) is 24.8. The van der Waals surface area contributed by atoms with Crippen LogP contribution in [0, 0.1) is 15.9 Å². The quantitative estimate of drug-likeness (QED) is 0.622. The Kier molecular flexibility index (Phi) is 5.07. The predicted octanol–water partition coefficient (Wildman–Crippen LogP) is 4.14. The first-order chi connectivity index (χ1) is 12.0. The van der Waals surface area contributed by atoms with E-state index in [0.717, 1.165) is 24.8 Å². The third kappa shape index (κ3) is 4.02. The SMILES string of the molecule is O=C(c1ccc([N+](=O)[O-])cc1)N1CCCCC(c2ccc(F)cc2)C1. The van der Waals surface area contributed by atoms with E-state index >= 15 is 0 Å². The maximum Gasteiger partial charge on any atom is 0.269 e. The molecule has 5 nitrogen and oxygen atoms in total. The van der Waals surface area contributed by atoms with Crippen LogP contribution in [0.4, 0.5) is 10.1 Å². The van der Waals surface area contributed by atoms with Gasteiger partial charge in [0.05, 0.1) is 4.92 Å². The molecule has 0 spiro atoms. The first-order valence-corrected chi connectivity index (χ1v) is 8.34. The number of carbonyl (C=O) groups excluding carboxylic acids is 1. The molecular weight excluding hydrogens is 323 g/mol. The average Bonchev–Trinajstić information content (AvgIpc) is 2.88. The smallest absolute Gasteiger partial charge is 0.269 e. The highest BCUT2D eigenvalue weighted by Gasteiger charge is 2.24. The number of hydrogen-bond donors (Lipinski definition) is 0. The highest BCUT2D eigenvalue weighted by atomic mass is 19.1. The largest absolute Gasteiger partial charge is 0.338 e. The minimum atomic E-state index is -0.481. The van der Waals surface area contributed by atoms with Gasteiger partial charge in [-0.05, 0) is 42.7 Å². The molecule has 1 aliphatic heterocycles. The van der Waals surface area contributed by atoms with Gasteiger partial charge in [0.2, 0.25) is 0 Å². The lowest BCUT2D eigenvalue weighted by Gasteiger charge is -2.25. The average molecular weight is 342 g/mol. The molecule has 3 rings (SSSR count). The van der Waals surface area contributed by atoms with Crippen molar-refractivity contribution in [2.24, 2.45) is 0 Å². The van der Waals surface area contributed by atoms with Gasteiger partial charge in [-0.2, -0.15) is 0 Å². The van der Waals surface area contributed by atoms with E-state index in [2.05, 4.69) is 0 Å². The van der Waals surface area contributed by atoms with Crippen molar-refractivity contribution in [3.8, 4) is 0 Å². The number of benzene rings is 2. The number of nitro groups is 1. The molecule has 130 valence electrons. The predicted molar refractivity (Wildman–Crippen MR) is 92.0 cm³/mol. The Morgan fingerprint density at radius 3 is 2.40 bits per heavy atom. The molecule has 1 aliphatic rings. The summed E-state index contributed by atoms with van der Waals surface area (Å²) in [5.41, 5.74) is 1.45. The standard InChI is InChI=1S/C19H19FN2O3/c20-17-8-4-14(5-9-17)16-3-1-2-12-21(13-16)19(23)15-6-10-18(11-7-15)22(24)25/h4-11,16H,1-3,12-13H2. The second-order valence-electron chi connectivity index (χ2n) is 6.30. The van der Waals surface area contributed by atoms with Gasteiger partial charge in [-0.15, -0.1) is 0 Å². The lowest BCUT2D eigenvalue weighted by Crippen LogP contribution is -2.34. The molecule has 1 unspecified atom stereocenters. The Morgan fingerprint density at radius 1 is 1.08 bits per heavy atom. The molecule has 1 amide bonds. The van der Waals surface area contributed by atoms with Crippen molar-refractivity contribution in [1.82, 2.24) is 4.90 Å². The minimum Gasteiger partial charge on any atom is -0.338 e. The van der Waals surface area contributed by atoms with Gasteiger partial charge in [0.15, 0.2) is 0 Å². The lowest BCUT2D eigenvalue weighted by atomic mass is 9.94. The molecule has 0 bridgehead atoms. The Morgan fingerprint density at radius 2 is 1.76 bits per heavy atom. The van der Waals surface area contributed by atoms with E-state index in [0.29, 0.717) is 18.7 Å². The van der Waals surface area contributed by atoms with E-state index in [1.165, 1.54) is 36.4 Å². The zero-order chi connectivity index (χ0) is 17.8. The van der Waals surface area contributed by atoms with Crippen LogP contribution < -0.4 is 0 Å². The van der Waals surface area contributed by atoms with Gasteiger partial charge in [-0.3, -0.25) is 14.9 Å². The zero-order valence-corrected chi connectivity index (χ0v) is 13.7. The topological polar surface area (TPSA) is 63.4 Å². The molecule has 0 N–H and O–H groups in total. The fourth-order valence-corrected chi connectivity index (χ4v) is 3.24. The van der Waals surface area contributed by atoms with Crippen LogP contribution in [0.5, 0.6) is 0 Å². The van der Waals surface area contributed by atoms with Gasteiger partial charge in [-0.25, -0.2) is 4.39 Å². The molecule has 0 saturated carbocycles. The van der Waals surface area contributed by atoms with E-state index in [9.17, 15) is 19.3 Å². The van der Waals surface area contributed by atoms with E-state index in [4.69, 9.17) is 0 Å². The monoisotopic (exact) mass is 342 g/mol. The number of amides is 1. The maximum absolute atomic E-state index is 13.1. The van der Waals surface area contributed by atoms with E-state index in [-0.39, 0.29) is 23.3 Å². The summed E-state index contributed by atoms with van der Waals surface area (Å²) in [6.45, 7) is 1.23. The molecule has 6 heteroatoms. The molecule has 1 saturated heterocycles. The van der Waals surface area contributed by atoms with Crippen molar-refractivity contribution in [1.29, 1.82) is 0 Å². The first kappa shape index (κ1) is 17.1. The summed E-state index contributed by atoms with van der Waals surface area (Å²) in [6.07, 6.45) is 2.87. The Hall–Kier alpha value is -2.76. The van der Waals surface area contributed by atoms with Crippen molar-refractivity contribution in [2.75, 3.05) is 13.1 Å². The van der Waals surface area contributed by atoms with Crippen molar-refractivity contribution in [3.63, 3.8) is 0 Å². The summed E-state index contributed by atoms with van der Waals surface area (Å²) in [5.74, 6) is -0.217. The van der Waals surface area contributed by atoms with Gasteiger partial charge in [-0.1, -0.05) is 18.6 Å². The molecule has 1 atom stereocenters. The fourth-order valence-electron chi connectivity index (χ4n) is 3.24. The number of nitrogens with zero attached hydrogens (tertiary/aromatic N) is 2. The van der Waals surface area contributed by atoms with Gasteiger partial charge in [0.25, 0.3) is 11.6 Å². The summed E-state index contributed by atoms with van der Waals surface area (Å²) in [6, 6.07) is 12.1. The van der Waals surface area contributed by atoms with Crippen LogP contribution >= 0.6 is 0 Å². The van der Waals surface area contributed by atoms with Crippen LogP contribution in [0.15, 0.2) is 48.5 Å². The molecule has 0 aliphatic carbocycles. The van der Waals surface area contributed by atoms with Gasteiger partial charge < -0.3 is 4.90 Å². The fraction of sp³-hybridized carbons (Fsp3) is 0.316. The Balaban J connectivity index is 1.76. The molecule has 25 heavy (non-hydrogen) atoms. The third-order valence-electron chi connectivity index (χ3n) is 4.63. The summed E-state index contributed by atoms with van der Waals surface area (Å²) < 4.78 is 13.1. The van der Waals surface area contributed by atoms with Crippen molar-refractivity contribution in [2.45, 2.75) is 25.2 Å². The van der Waals surface area contributed by atoms with Crippen molar-refractivity contribution < 1.29 is 14.1 Å². The lowest BCUT2D eigenvalue weighted by molar-refractivity contribution is -0.384. The van der Waals surface area contributed by atoms with Crippen LogP contribution in [0.2, 0.25) is 0 Å². The third-order valence-corrected chi connectivity index (χ3v) is 4.63. The molecule has 0 radical (unpaired) electrons. The number of hydrogen-bond acceptors (Lipinski definition) is 3. The number of rotatable bonds is 3. The Bertz CT molecular complexity index is 759. The molecule has 1 fully saturated rings. The molecule has 2 aromatic carbocycles. The van der Waals surface area contributed by atoms with E-state index in [1.54, 1.807) is 17.0 Å². The van der Waals surface area contributed by atoms with Crippen molar-refractivity contribution >= 4 is 11.6 Å². The number of non-ortho nitro benzene ring substituents is 1. The van der Waals surface area contributed by atoms with Crippen molar-refractivity contribution in [3.05, 3.63) is 75.6 Å². The maximum atomic E-state index is 13.1. The second-order valence-corrected chi connectivity index (χ2v) is 6.30. The molecule has 0 aromatic heterocycles. The van der Waals surface area contributed by atoms with E-state index in [1.807, 2.05) is 0 Å². The highest BCUT2D eigenvalue weighted by molar-refractivity contribution is 5.94.